The predicted octanol–water partition coefficient (Wildman–Crippen LogP) is 5.23. The fourth-order valence-electron chi connectivity index (χ4n) is 12.0. The summed E-state index contributed by atoms with van der Waals surface area (Å²) in [6.45, 7) is 7.46. The molecule has 1 unspecified atom stereocenters. The number of hydrogen-bond acceptors (Lipinski definition) is 25. The zero-order chi connectivity index (χ0) is 67.4. The number of nitrogens with zero attached hydrogens (tertiary/aromatic N) is 3. The van der Waals surface area contributed by atoms with E-state index in [4.69, 9.17) is 40.1 Å². The van der Waals surface area contributed by atoms with Crippen molar-refractivity contribution in [3.05, 3.63) is 106 Å². The van der Waals surface area contributed by atoms with Crippen LogP contribution in [0, 0.1) is 0 Å². The summed E-state index contributed by atoms with van der Waals surface area (Å²) in [4.78, 5) is 40.4. The van der Waals surface area contributed by atoms with Crippen LogP contribution < -0.4 is 4.90 Å². The Morgan fingerprint density at radius 1 is 0.630 bits per heavy atom. The van der Waals surface area contributed by atoms with Gasteiger partial charge in [-0.3, -0.25) is 9.59 Å². The molecule has 1 saturated heterocycles. The summed E-state index contributed by atoms with van der Waals surface area (Å²) >= 11 is 7.35. The highest BCUT2D eigenvalue weighted by atomic mass is 35.5. The van der Waals surface area contributed by atoms with Crippen molar-refractivity contribution in [2.24, 2.45) is 0 Å². The van der Waals surface area contributed by atoms with E-state index in [9.17, 15) is 79.2 Å². The first-order chi connectivity index (χ1) is 43.1. The summed E-state index contributed by atoms with van der Waals surface area (Å²) in [6.07, 6.45) is 7.05. The first-order valence-corrected chi connectivity index (χ1v) is 36.4. The molecule has 502 valence electrons. The number of halogens is 1. The average Bonchev–Trinajstić information content (AvgIpc) is 1.53. The summed E-state index contributed by atoms with van der Waals surface area (Å²) in [5, 5.41) is 0.0580. The number of carbonyl (C=O) groups excluding carboxylic acids is 3. The minimum Gasteiger partial charge on any atom is -0.748 e. The van der Waals surface area contributed by atoms with E-state index in [2.05, 4.69) is 0 Å². The average molecular weight is 1400 g/mol. The number of amides is 2. The molecular weight excluding hydrogens is 1330 g/mol. The number of allylic oxidation sites excluding steroid dienone is 8. The molecule has 1 fully saturated rings. The van der Waals surface area contributed by atoms with Crippen molar-refractivity contribution in [2.75, 3.05) is 90.3 Å². The molecule has 3 aliphatic heterocycles. The van der Waals surface area contributed by atoms with Crippen LogP contribution in [0.4, 0.5) is 11.4 Å². The number of benzene rings is 4. The number of methoxy groups -OCH3 is 1. The van der Waals surface area contributed by atoms with Crippen molar-refractivity contribution in [2.45, 2.75) is 109 Å². The van der Waals surface area contributed by atoms with Crippen LogP contribution in [-0.2, 0) is 104 Å². The number of ether oxygens (including phenoxy) is 5. The molecule has 0 spiro atoms. The van der Waals surface area contributed by atoms with Crippen LogP contribution in [0.3, 0.4) is 0 Å². The Balaban J connectivity index is 1.19. The molecule has 1 aliphatic carbocycles. The van der Waals surface area contributed by atoms with Crippen LogP contribution in [0.2, 0.25) is 0 Å². The van der Waals surface area contributed by atoms with E-state index in [0.29, 0.717) is 102 Å². The van der Waals surface area contributed by atoms with Crippen LogP contribution in [0.1, 0.15) is 89.7 Å². The van der Waals surface area contributed by atoms with Crippen molar-refractivity contribution < 1.29 is 112 Å². The van der Waals surface area contributed by atoms with E-state index in [1.165, 1.54) is 24.3 Å². The highest BCUT2D eigenvalue weighted by molar-refractivity contribution is 7.87. The highest BCUT2D eigenvalue weighted by Gasteiger charge is 2.47. The maximum Gasteiger partial charge on any atom is 0.333 e. The topological polar surface area (TPSA) is 402 Å². The Bertz CT molecular complexity index is 4340. The third kappa shape index (κ3) is 16.6. The Kier molecular flexibility index (Phi) is 22.6. The van der Waals surface area contributed by atoms with Gasteiger partial charge in [0.15, 0.2) is 5.71 Å². The van der Waals surface area contributed by atoms with E-state index in [-0.39, 0.29) is 117 Å². The van der Waals surface area contributed by atoms with E-state index < -0.39 is 105 Å². The maximum absolute atomic E-state index is 13.0. The number of imide groups is 1. The molecule has 0 radical (unpaired) electrons. The Labute approximate surface area is 537 Å². The summed E-state index contributed by atoms with van der Waals surface area (Å²) < 4.78 is 218. The van der Waals surface area contributed by atoms with E-state index >= 15 is 0 Å². The fourth-order valence-corrected chi connectivity index (χ4v) is 15.4. The molecular formula is C59H66ClN3O24S5-4. The highest BCUT2D eigenvalue weighted by Crippen LogP contribution is 2.55. The normalized spacial score (nSPS) is 19.1. The quantitative estimate of drug-likeness (QED) is 0.0269. The number of fused-ring (bicyclic) bond motifs is 6. The van der Waals surface area contributed by atoms with Gasteiger partial charge >= 0.3 is 5.97 Å². The van der Waals surface area contributed by atoms with Gasteiger partial charge in [-0.25, -0.2) is 46.9 Å². The smallest absolute Gasteiger partial charge is 0.333 e. The second kappa shape index (κ2) is 29.0. The summed E-state index contributed by atoms with van der Waals surface area (Å²) in [5.74, 6) is -3.14. The molecule has 0 N–H and O–H groups in total. The van der Waals surface area contributed by atoms with Crippen molar-refractivity contribution >= 4 is 119 Å². The molecule has 4 aromatic carbocycles. The zero-order valence-electron chi connectivity index (χ0n) is 50.3. The van der Waals surface area contributed by atoms with Gasteiger partial charge in [-0.15, -0.1) is 5.06 Å². The lowest BCUT2D eigenvalue weighted by Crippen LogP contribution is -2.32. The second-order valence-electron chi connectivity index (χ2n) is 22.6. The summed E-state index contributed by atoms with van der Waals surface area (Å²) in [5.41, 5.74) is 0.492. The lowest BCUT2D eigenvalue weighted by molar-refractivity contribution is -0.438. The number of carbonyl (C=O) groups is 3. The molecule has 27 nitrogen and oxygen atoms in total. The number of hydroxylamine groups is 2. The van der Waals surface area contributed by atoms with Gasteiger partial charge in [0.1, 0.15) is 47.0 Å². The number of rotatable bonds is 31. The molecule has 0 bridgehead atoms. The fraction of sp³-hybridized carbons (Fsp3) is 0.458. The van der Waals surface area contributed by atoms with Crippen molar-refractivity contribution in [1.29, 1.82) is 0 Å². The standard InChI is InChI=1S/C59H70ClN3O24S5/c1-58(2)50(61(22-6-10-54(66)87-63-52(64)19-20-53(63)65)46-15-13-42-44(55(46)58)34-40(89(70,71)72)36-48(42)91(76,77)78)17-11-38-8-5-9-39(57(38)60)12-18-51-59(3,21-7-33-88(67,68)69)56-45-35-41(90(73,74)75)37-49(92(79,80)81)43(45)14-16-47(56)62(51)23-24-83-27-28-85-31-32-86-30-29-84-26-25-82-4/h11-18,34-37H,5-10,19-33H2,1-4H3,(H4-,67,68,69,70,71,72,73,74,75,76,77,78,79,80,81)/p-4. The van der Waals surface area contributed by atoms with Crippen LogP contribution in [-0.4, -0.2) is 183 Å². The van der Waals surface area contributed by atoms with E-state index in [0.717, 1.165) is 12.1 Å². The molecule has 1 atom stereocenters. The molecule has 33 heteroatoms. The second-order valence-corrected chi connectivity index (χ2v) is 30.0. The summed E-state index contributed by atoms with van der Waals surface area (Å²) in [6, 6.07) is 8.49. The molecule has 2 amide bonds. The molecule has 4 aliphatic rings. The van der Waals surface area contributed by atoms with Crippen LogP contribution in [0.5, 0.6) is 0 Å². The lowest BCUT2D eigenvalue weighted by atomic mass is 9.75. The van der Waals surface area contributed by atoms with Gasteiger partial charge in [0, 0.05) is 83.6 Å². The van der Waals surface area contributed by atoms with Gasteiger partial charge in [0.2, 0.25) is 5.69 Å². The minimum atomic E-state index is -5.46. The van der Waals surface area contributed by atoms with Crippen molar-refractivity contribution in [3.8, 4) is 0 Å². The van der Waals surface area contributed by atoms with Crippen molar-refractivity contribution in [1.82, 2.24) is 5.06 Å². The molecule has 92 heavy (non-hydrogen) atoms. The maximum atomic E-state index is 13.0. The van der Waals surface area contributed by atoms with Gasteiger partial charge in [-0.2, -0.15) is 4.58 Å². The Hall–Kier alpha value is -5.92. The first-order valence-electron chi connectivity index (χ1n) is 28.8. The van der Waals surface area contributed by atoms with E-state index in [1.807, 2.05) is 0 Å². The Morgan fingerprint density at radius 2 is 1.16 bits per heavy atom. The Morgan fingerprint density at radius 3 is 1.70 bits per heavy atom. The predicted molar refractivity (Wildman–Crippen MR) is 325 cm³/mol. The number of anilines is 1. The largest absolute Gasteiger partial charge is 0.748 e. The monoisotopic (exact) mass is 1400 g/mol. The first kappa shape index (κ1) is 71.9. The third-order valence-corrected chi connectivity index (χ3v) is 20.8. The zero-order valence-corrected chi connectivity index (χ0v) is 55.2. The summed E-state index contributed by atoms with van der Waals surface area (Å²) in [7, 11) is -24.9. The van der Waals surface area contributed by atoms with E-state index in [1.54, 1.807) is 61.7 Å². The van der Waals surface area contributed by atoms with Gasteiger partial charge in [-0.05, 0) is 128 Å². The molecule has 0 aromatic heterocycles. The van der Waals surface area contributed by atoms with Gasteiger partial charge in [0.05, 0.1) is 101 Å². The third-order valence-electron chi connectivity index (χ3n) is 16.1. The number of hydrogen-bond donors (Lipinski definition) is 0. The SMILES string of the molecule is COCCOCCOCCOCCOCCN1/C(=C/C=C2\CCCC(/C=C/C3=[N+](CCCC(=O)ON4C(=O)CCC4=O)c4ccc5c(S(=O)(=O)[O-])cc(S(=O)(=O)[O-])cc5c4C3(C)C)=C2Cl)C(C)(CCCS(=O)(=O)[O-])c2c1ccc1c(S(=O)(=O)[O-])cc(S(=O)(=O)[O-])cc21. The van der Waals surface area contributed by atoms with Gasteiger partial charge in [-0.1, -0.05) is 29.8 Å². The molecule has 4 aromatic rings. The van der Waals surface area contributed by atoms with Crippen molar-refractivity contribution in [3.63, 3.8) is 0 Å². The minimum absolute atomic E-state index is 0.00572. The molecule has 3 heterocycles. The van der Waals surface area contributed by atoms with Crippen LogP contribution in [0.25, 0.3) is 21.5 Å². The molecule has 0 saturated carbocycles. The lowest BCUT2D eigenvalue weighted by Gasteiger charge is -2.31. The van der Waals surface area contributed by atoms with Crippen LogP contribution >= 0.6 is 11.6 Å². The molecule has 8 rings (SSSR count). The van der Waals surface area contributed by atoms with Gasteiger partial charge in [0.25, 0.3) is 11.8 Å². The van der Waals surface area contributed by atoms with Gasteiger partial charge < -0.3 is 56.2 Å². The van der Waals surface area contributed by atoms with Crippen LogP contribution in [0.15, 0.2) is 114 Å².